The molecule has 0 spiro atoms. The van der Waals surface area contributed by atoms with Crippen molar-refractivity contribution in [2.24, 2.45) is 0 Å². The fourth-order valence-corrected chi connectivity index (χ4v) is 1.56. The van der Waals surface area contributed by atoms with Gasteiger partial charge in [0.05, 0.1) is 10.7 Å². The van der Waals surface area contributed by atoms with E-state index in [1.54, 1.807) is 0 Å². The summed E-state index contributed by atoms with van der Waals surface area (Å²) in [5.74, 6) is -1.15. The molecule has 1 aromatic carbocycles. The smallest absolute Gasteiger partial charge is 0.222 e. The largest absolute Gasteiger partial charge is 0.368 e. The van der Waals surface area contributed by atoms with Gasteiger partial charge in [-0.05, 0) is 34.1 Å². The van der Waals surface area contributed by atoms with E-state index >= 15 is 0 Å². The fraction of sp³-hybridized carbons (Fsp3) is 0. The molecular weight excluding hydrogens is 294 g/mol. The van der Waals surface area contributed by atoms with Gasteiger partial charge < -0.3 is 11.1 Å². The monoisotopic (exact) mass is 300 g/mol. The number of hydrogen-bond donors (Lipinski definition) is 2. The van der Waals surface area contributed by atoms with Crippen molar-refractivity contribution in [2.45, 2.75) is 0 Å². The molecule has 0 radical (unpaired) electrons. The summed E-state index contributed by atoms with van der Waals surface area (Å²) >= 11 is 3.03. The van der Waals surface area contributed by atoms with E-state index in [-0.39, 0.29) is 16.2 Å². The second-order valence-corrected chi connectivity index (χ2v) is 4.03. The van der Waals surface area contributed by atoms with Crippen molar-refractivity contribution in [1.29, 1.82) is 0 Å². The Morgan fingerprint density at radius 1 is 1.24 bits per heavy atom. The summed E-state index contributed by atoms with van der Waals surface area (Å²) in [7, 11) is 0. The highest BCUT2D eigenvalue weighted by Crippen LogP contribution is 2.23. The fourth-order valence-electron chi connectivity index (χ4n) is 1.18. The minimum absolute atomic E-state index is 0.0462. The van der Waals surface area contributed by atoms with Gasteiger partial charge in [-0.1, -0.05) is 0 Å². The molecule has 0 aliphatic carbocycles. The number of nitrogens with zero attached hydrogens (tertiary/aromatic N) is 2. The van der Waals surface area contributed by atoms with Gasteiger partial charge in [0.15, 0.2) is 11.6 Å². The molecule has 7 heteroatoms. The van der Waals surface area contributed by atoms with Crippen LogP contribution < -0.4 is 11.1 Å². The van der Waals surface area contributed by atoms with Gasteiger partial charge in [-0.3, -0.25) is 0 Å². The Morgan fingerprint density at radius 2 is 2.00 bits per heavy atom. The Hall–Kier alpha value is -1.76. The van der Waals surface area contributed by atoms with E-state index in [1.165, 1.54) is 18.2 Å². The molecule has 0 saturated carbocycles. The first-order valence-corrected chi connectivity index (χ1v) is 5.35. The van der Waals surface area contributed by atoms with Crippen LogP contribution in [0.5, 0.6) is 0 Å². The average molecular weight is 301 g/mol. The third-order valence-electron chi connectivity index (χ3n) is 1.95. The maximum Gasteiger partial charge on any atom is 0.222 e. The zero-order chi connectivity index (χ0) is 12.4. The van der Waals surface area contributed by atoms with Crippen molar-refractivity contribution in [3.63, 3.8) is 0 Å². The summed E-state index contributed by atoms with van der Waals surface area (Å²) in [6.07, 6.45) is 0.962. The van der Waals surface area contributed by atoms with Gasteiger partial charge >= 0.3 is 0 Å². The molecule has 0 aliphatic heterocycles. The minimum Gasteiger partial charge on any atom is -0.368 e. The number of rotatable bonds is 2. The molecule has 0 saturated heterocycles. The zero-order valence-corrected chi connectivity index (χ0v) is 10.0. The zero-order valence-electron chi connectivity index (χ0n) is 8.42. The number of halogens is 3. The van der Waals surface area contributed by atoms with Crippen LogP contribution >= 0.6 is 15.9 Å². The lowest BCUT2D eigenvalue weighted by Crippen LogP contribution is -2.02. The molecule has 1 aromatic heterocycles. The van der Waals surface area contributed by atoms with Crippen molar-refractivity contribution < 1.29 is 8.78 Å². The van der Waals surface area contributed by atoms with E-state index in [0.717, 1.165) is 6.20 Å². The van der Waals surface area contributed by atoms with Crippen LogP contribution in [0.25, 0.3) is 0 Å². The predicted octanol–water partition coefficient (Wildman–Crippen LogP) is 2.84. The van der Waals surface area contributed by atoms with E-state index in [0.29, 0.717) is 5.69 Å². The Morgan fingerprint density at radius 3 is 2.71 bits per heavy atom. The summed E-state index contributed by atoms with van der Waals surface area (Å²) in [6.45, 7) is 0. The van der Waals surface area contributed by atoms with Crippen LogP contribution in [0, 0.1) is 11.6 Å². The first-order chi connectivity index (χ1) is 8.06. The SMILES string of the molecule is Nc1ncc(F)c(Nc2ccc(F)c(Br)c2)n1. The molecule has 3 N–H and O–H groups in total. The van der Waals surface area contributed by atoms with E-state index < -0.39 is 11.6 Å². The summed E-state index contributed by atoms with van der Waals surface area (Å²) < 4.78 is 26.6. The molecule has 0 bridgehead atoms. The van der Waals surface area contributed by atoms with Crippen LogP contribution in [0.3, 0.4) is 0 Å². The molecule has 0 fully saturated rings. The predicted molar refractivity (Wildman–Crippen MR) is 63.8 cm³/mol. The van der Waals surface area contributed by atoms with Crippen molar-refractivity contribution in [3.8, 4) is 0 Å². The summed E-state index contributed by atoms with van der Waals surface area (Å²) in [4.78, 5) is 7.19. The Labute approximate surface area is 104 Å². The van der Waals surface area contributed by atoms with Crippen LogP contribution in [0.15, 0.2) is 28.9 Å². The summed E-state index contributed by atoms with van der Waals surface area (Å²) in [5, 5.41) is 2.68. The molecule has 17 heavy (non-hydrogen) atoms. The van der Waals surface area contributed by atoms with Gasteiger partial charge in [0.2, 0.25) is 5.95 Å². The van der Waals surface area contributed by atoms with Crippen molar-refractivity contribution >= 4 is 33.4 Å². The first-order valence-electron chi connectivity index (χ1n) is 4.56. The maximum atomic E-state index is 13.3. The Balaban J connectivity index is 2.31. The highest BCUT2D eigenvalue weighted by molar-refractivity contribution is 9.10. The molecule has 4 nitrogen and oxygen atoms in total. The van der Waals surface area contributed by atoms with Crippen LogP contribution in [-0.4, -0.2) is 9.97 Å². The lowest BCUT2D eigenvalue weighted by molar-refractivity contribution is 0.619. The molecule has 0 atom stereocenters. The number of benzene rings is 1. The second kappa shape index (κ2) is 4.62. The molecule has 2 rings (SSSR count). The Kier molecular flexibility index (Phi) is 3.19. The van der Waals surface area contributed by atoms with Gasteiger partial charge in [-0.15, -0.1) is 0 Å². The average Bonchev–Trinajstić information content (AvgIpc) is 2.29. The van der Waals surface area contributed by atoms with Crippen LogP contribution in [0.2, 0.25) is 0 Å². The molecular formula is C10H7BrF2N4. The minimum atomic E-state index is -0.639. The van der Waals surface area contributed by atoms with E-state index in [9.17, 15) is 8.78 Å². The van der Waals surface area contributed by atoms with Gasteiger partial charge in [0.25, 0.3) is 0 Å². The molecule has 88 valence electrons. The van der Waals surface area contributed by atoms with Crippen LogP contribution in [-0.2, 0) is 0 Å². The first kappa shape index (κ1) is 11.7. The third kappa shape index (κ3) is 2.68. The third-order valence-corrected chi connectivity index (χ3v) is 2.55. The maximum absolute atomic E-state index is 13.3. The van der Waals surface area contributed by atoms with Crippen molar-refractivity contribution in [3.05, 3.63) is 40.5 Å². The lowest BCUT2D eigenvalue weighted by Gasteiger charge is -2.07. The van der Waals surface area contributed by atoms with Gasteiger partial charge in [-0.25, -0.2) is 13.8 Å². The standard InChI is InChI=1S/C10H7BrF2N4/c11-6-3-5(1-2-7(6)12)16-9-8(13)4-15-10(14)17-9/h1-4H,(H3,14,15,16,17). The molecule has 0 unspecified atom stereocenters. The normalized spacial score (nSPS) is 10.3. The van der Waals surface area contributed by atoms with Crippen molar-refractivity contribution in [1.82, 2.24) is 9.97 Å². The summed E-state index contributed by atoms with van der Waals surface area (Å²) in [5.41, 5.74) is 5.82. The number of nitrogens with two attached hydrogens (primary N) is 1. The van der Waals surface area contributed by atoms with E-state index in [2.05, 4.69) is 31.2 Å². The van der Waals surface area contributed by atoms with E-state index in [1.807, 2.05) is 0 Å². The van der Waals surface area contributed by atoms with Crippen LogP contribution in [0.4, 0.5) is 26.2 Å². The second-order valence-electron chi connectivity index (χ2n) is 3.18. The lowest BCUT2D eigenvalue weighted by atomic mass is 10.3. The van der Waals surface area contributed by atoms with Gasteiger partial charge in [-0.2, -0.15) is 4.98 Å². The highest BCUT2D eigenvalue weighted by atomic mass is 79.9. The Bertz CT molecular complexity index is 562. The van der Waals surface area contributed by atoms with Crippen molar-refractivity contribution in [2.75, 3.05) is 11.1 Å². The number of anilines is 3. The summed E-state index contributed by atoms with van der Waals surface area (Å²) in [6, 6.07) is 4.17. The molecule has 1 heterocycles. The number of nitrogen functional groups attached to an aromatic ring is 1. The molecule has 0 aliphatic rings. The quantitative estimate of drug-likeness (QED) is 0.895. The number of hydrogen-bond acceptors (Lipinski definition) is 4. The van der Waals surface area contributed by atoms with Gasteiger partial charge in [0.1, 0.15) is 5.82 Å². The topological polar surface area (TPSA) is 63.8 Å². The van der Waals surface area contributed by atoms with E-state index in [4.69, 9.17) is 5.73 Å². The molecule has 0 amide bonds. The highest BCUT2D eigenvalue weighted by Gasteiger charge is 2.07. The van der Waals surface area contributed by atoms with Crippen LogP contribution in [0.1, 0.15) is 0 Å². The number of aromatic nitrogens is 2. The molecule has 2 aromatic rings. The van der Waals surface area contributed by atoms with Gasteiger partial charge in [0, 0.05) is 5.69 Å². The number of nitrogens with one attached hydrogen (secondary N) is 1.